The Kier molecular flexibility index (Phi) is 3.01. The van der Waals surface area contributed by atoms with Crippen molar-refractivity contribution in [2.75, 3.05) is 19.6 Å². The van der Waals surface area contributed by atoms with Gasteiger partial charge in [-0.15, -0.1) is 0 Å². The van der Waals surface area contributed by atoms with Gasteiger partial charge in [-0.3, -0.25) is 4.79 Å². The summed E-state index contributed by atoms with van der Waals surface area (Å²) < 4.78 is 0. The third-order valence-corrected chi connectivity index (χ3v) is 5.12. The lowest BCUT2D eigenvalue weighted by atomic mass is 9.89. The molecule has 1 aromatic carbocycles. The van der Waals surface area contributed by atoms with E-state index in [4.69, 9.17) is 10.7 Å². The molecule has 22 heavy (non-hydrogen) atoms. The molecule has 2 fully saturated rings. The van der Waals surface area contributed by atoms with Crippen LogP contribution in [0.3, 0.4) is 0 Å². The van der Waals surface area contributed by atoms with Gasteiger partial charge >= 0.3 is 0 Å². The summed E-state index contributed by atoms with van der Waals surface area (Å²) in [5.41, 5.74) is 7.58. The summed E-state index contributed by atoms with van der Waals surface area (Å²) in [5, 5.41) is 0. The van der Waals surface area contributed by atoms with Gasteiger partial charge in [-0.05, 0) is 43.9 Å². The topological polar surface area (TPSA) is 75.0 Å². The molecule has 116 valence electrons. The number of carbonyl (C=O) groups excluding carboxylic acids is 1. The van der Waals surface area contributed by atoms with Crippen molar-refractivity contribution in [1.82, 2.24) is 14.9 Å². The number of benzene rings is 1. The maximum absolute atomic E-state index is 11.6. The van der Waals surface area contributed by atoms with Crippen LogP contribution in [0.2, 0.25) is 0 Å². The third-order valence-electron chi connectivity index (χ3n) is 5.12. The number of hydrogen-bond acceptors (Lipinski definition) is 3. The van der Waals surface area contributed by atoms with E-state index in [1.807, 2.05) is 12.1 Å². The Morgan fingerprint density at radius 2 is 2.32 bits per heavy atom. The number of primary amides is 1. The molecule has 2 aliphatic rings. The highest BCUT2D eigenvalue weighted by Gasteiger charge is 2.39. The average molecular weight is 298 g/mol. The minimum Gasteiger partial charge on any atom is -0.366 e. The van der Waals surface area contributed by atoms with Gasteiger partial charge < -0.3 is 15.6 Å². The molecular weight excluding hydrogens is 276 g/mol. The van der Waals surface area contributed by atoms with Gasteiger partial charge in [-0.25, -0.2) is 4.98 Å². The quantitative estimate of drug-likeness (QED) is 0.907. The molecule has 1 amide bonds. The molecule has 2 heterocycles. The van der Waals surface area contributed by atoms with Crippen LogP contribution in [0, 0.1) is 5.92 Å². The molecule has 1 aliphatic carbocycles. The van der Waals surface area contributed by atoms with Gasteiger partial charge in [0.25, 0.3) is 5.91 Å². The molecule has 1 saturated heterocycles. The molecule has 1 aromatic heterocycles. The van der Waals surface area contributed by atoms with Gasteiger partial charge in [0.15, 0.2) is 0 Å². The van der Waals surface area contributed by atoms with Crippen LogP contribution in [-0.2, 0) is 5.41 Å². The molecule has 1 aliphatic heterocycles. The number of fused-ring (bicyclic) bond motifs is 1. The van der Waals surface area contributed by atoms with Crippen molar-refractivity contribution in [3.63, 3.8) is 0 Å². The molecule has 0 spiro atoms. The standard InChI is InChI=1S/C17H22N4O/c1-17(7-8-21(10-17)9-11-5-6-11)16-19-13-4-2-3-12(15(18)22)14(13)20-16/h2-4,11H,5-10H2,1H3,(H2,18,22)(H,19,20). The van der Waals surface area contributed by atoms with Gasteiger partial charge in [-0.2, -0.15) is 0 Å². The summed E-state index contributed by atoms with van der Waals surface area (Å²) in [5.74, 6) is 1.48. The Bertz CT molecular complexity index is 733. The second-order valence-corrected chi connectivity index (χ2v) is 7.14. The second kappa shape index (κ2) is 4.81. The third kappa shape index (κ3) is 2.29. The number of hydrogen-bond donors (Lipinski definition) is 2. The van der Waals surface area contributed by atoms with E-state index in [0.717, 1.165) is 36.8 Å². The van der Waals surface area contributed by atoms with E-state index < -0.39 is 5.91 Å². The Morgan fingerprint density at radius 1 is 1.50 bits per heavy atom. The lowest BCUT2D eigenvalue weighted by molar-refractivity contribution is 0.100. The smallest absolute Gasteiger partial charge is 0.250 e. The number of likely N-dealkylation sites (tertiary alicyclic amines) is 1. The van der Waals surface area contributed by atoms with Crippen LogP contribution in [0.5, 0.6) is 0 Å². The molecule has 4 rings (SSSR count). The largest absolute Gasteiger partial charge is 0.366 e. The van der Waals surface area contributed by atoms with Crippen molar-refractivity contribution in [3.8, 4) is 0 Å². The Labute approximate surface area is 129 Å². The van der Waals surface area contributed by atoms with Gasteiger partial charge in [-0.1, -0.05) is 13.0 Å². The van der Waals surface area contributed by atoms with Crippen LogP contribution in [0.1, 0.15) is 42.4 Å². The minimum absolute atomic E-state index is 0.0306. The first-order chi connectivity index (χ1) is 10.5. The zero-order valence-electron chi connectivity index (χ0n) is 12.9. The minimum atomic E-state index is -0.421. The highest BCUT2D eigenvalue weighted by atomic mass is 16.1. The monoisotopic (exact) mass is 298 g/mol. The van der Waals surface area contributed by atoms with Crippen LogP contribution in [0.15, 0.2) is 18.2 Å². The molecule has 5 nitrogen and oxygen atoms in total. The summed E-state index contributed by atoms with van der Waals surface area (Å²) >= 11 is 0. The molecule has 0 bridgehead atoms. The van der Waals surface area contributed by atoms with E-state index in [2.05, 4.69) is 16.8 Å². The number of rotatable bonds is 4. The molecule has 0 radical (unpaired) electrons. The zero-order valence-corrected chi connectivity index (χ0v) is 12.9. The van der Waals surface area contributed by atoms with Gasteiger partial charge in [0.2, 0.25) is 0 Å². The number of amides is 1. The Hall–Kier alpha value is -1.88. The number of carbonyl (C=O) groups is 1. The first-order valence-corrected chi connectivity index (χ1v) is 8.06. The number of nitrogens with zero attached hydrogens (tertiary/aromatic N) is 2. The number of nitrogens with two attached hydrogens (primary N) is 1. The number of nitrogens with one attached hydrogen (secondary N) is 1. The van der Waals surface area contributed by atoms with Gasteiger partial charge in [0, 0.05) is 18.5 Å². The molecule has 1 atom stereocenters. The first-order valence-electron chi connectivity index (χ1n) is 8.06. The fourth-order valence-corrected chi connectivity index (χ4v) is 3.59. The van der Waals surface area contributed by atoms with Crippen LogP contribution in [0.4, 0.5) is 0 Å². The van der Waals surface area contributed by atoms with Crippen molar-refractivity contribution >= 4 is 16.9 Å². The zero-order chi connectivity index (χ0) is 15.3. The number of para-hydroxylation sites is 1. The maximum atomic E-state index is 11.6. The van der Waals surface area contributed by atoms with Crippen molar-refractivity contribution in [2.24, 2.45) is 11.7 Å². The lowest BCUT2D eigenvalue weighted by Crippen LogP contribution is -2.30. The van der Waals surface area contributed by atoms with Crippen LogP contribution < -0.4 is 5.73 Å². The van der Waals surface area contributed by atoms with E-state index in [-0.39, 0.29) is 5.41 Å². The molecule has 1 unspecified atom stereocenters. The highest BCUT2D eigenvalue weighted by molar-refractivity contribution is 6.04. The summed E-state index contributed by atoms with van der Waals surface area (Å²) in [6.45, 7) is 5.66. The normalized spacial score (nSPS) is 25.9. The van der Waals surface area contributed by atoms with Crippen LogP contribution >= 0.6 is 0 Å². The lowest BCUT2D eigenvalue weighted by Gasteiger charge is -2.22. The van der Waals surface area contributed by atoms with Crippen LogP contribution in [-0.4, -0.2) is 40.4 Å². The predicted molar refractivity (Wildman–Crippen MR) is 85.7 cm³/mol. The molecule has 1 saturated carbocycles. The number of H-pyrrole nitrogens is 1. The first kappa shape index (κ1) is 13.8. The van der Waals surface area contributed by atoms with E-state index in [1.54, 1.807) is 6.07 Å². The van der Waals surface area contributed by atoms with Gasteiger partial charge in [0.05, 0.1) is 11.1 Å². The maximum Gasteiger partial charge on any atom is 0.250 e. The second-order valence-electron chi connectivity index (χ2n) is 7.14. The number of imidazole rings is 1. The number of aromatic nitrogens is 2. The fourth-order valence-electron chi connectivity index (χ4n) is 3.59. The SMILES string of the molecule is CC1(c2nc3c(C(N)=O)cccc3[nH]2)CCN(CC2CC2)C1. The summed E-state index contributed by atoms with van der Waals surface area (Å²) in [6, 6.07) is 5.55. The summed E-state index contributed by atoms with van der Waals surface area (Å²) in [7, 11) is 0. The van der Waals surface area contributed by atoms with Gasteiger partial charge in [0.1, 0.15) is 11.3 Å². The van der Waals surface area contributed by atoms with E-state index >= 15 is 0 Å². The van der Waals surface area contributed by atoms with Crippen LogP contribution in [0.25, 0.3) is 11.0 Å². The van der Waals surface area contributed by atoms with Crippen molar-refractivity contribution in [2.45, 2.75) is 31.6 Å². The summed E-state index contributed by atoms with van der Waals surface area (Å²) in [4.78, 5) is 22.3. The predicted octanol–water partition coefficient (Wildman–Crippen LogP) is 2.04. The number of aromatic amines is 1. The Morgan fingerprint density at radius 3 is 3.05 bits per heavy atom. The van der Waals surface area contributed by atoms with Crippen molar-refractivity contribution in [3.05, 3.63) is 29.6 Å². The molecule has 5 heteroatoms. The molecule has 3 N–H and O–H groups in total. The molecule has 2 aromatic rings. The Balaban J connectivity index is 1.65. The van der Waals surface area contributed by atoms with Crippen molar-refractivity contribution in [1.29, 1.82) is 0 Å². The van der Waals surface area contributed by atoms with Crippen molar-refractivity contribution < 1.29 is 4.79 Å². The average Bonchev–Trinajstić information content (AvgIpc) is 3.04. The van der Waals surface area contributed by atoms with E-state index in [1.165, 1.54) is 19.4 Å². The van der Waals surface area contributed by atoms with E-state index in [0.29, 0.717) is 11.1 Å². The fraction of sp³-hybridized carbons (Fsp3) is 0.529. The summed E-state index contributed by atoms with van der Waals surface area (Å²) in [6.07, 6.45) is 3.88. The molecular formula is C17H22N4O. The highest BCUT2D eigenvalue weighted by Crippen LogP contribution is 2.37. The van der Waals surface area contributed by atoms with E-state index in [9.17, 15) is 4.79 Å².